The molecule has 0 saturated carbocycles. The molecule has 1 saturated heterocycles. The fourth-order valence-electron chi connectivity index (χ4n) is 5.80. The predicted octanol–water partition coefficient (Wildman–Crippen LogP) is 5.93. The molecule has 0 aromatic heterocycles. The molecule has 2 aliphatic heterocycles. The molecular formula is C34H45N5O4S. The minimum Gasteiger partial charge on any atom is -0.351 e. The highest BCUT2D eigenvalue weighted by molar-refractivity contribution is 7.92. The molecule has 1 fully saturated rings. The topological polar surface area (TPSA) is 125 Å². The van der Waals surface area contributed by atoms with E-state index in [9.17, 15) is 18.0 Å². The number of hydrogen-bond donors (Lipinski definition) is 2. The Morgan fingerprint density at radius 2 is 1.66 bits per heavy atom. The van der Waals surface area contributed by atoms with Crippen LogP contribution >= 0.6 is 0 Å². The maximum atomic E-state index is 13.2. The van der Waals surface area contributed by atoms with Crippen LogP contribution in [0.5, 0.6) is 0 Å². The molecule has 9 nitrogen and oxygen atoms in total. The highest BCUT2D eigenvalue weighted by Gasteiger charge is 2.46. The number of aliphatic imine (C=N–C) groups is 1. The first-order chi connectivity index (χ1) is 21.0. The SMILES string of the molecule is Cc1cc(N(C)C(N)=O)cc(C)c1/C=C/S(=O)(=O)N1CCC2(CC1)N=C(CCCCCCC/C=C/c1ccccc1)NC2=O. The Morgan fingerprint density at radius 3 is 2.32 bits per heavy atom. The van der Waals surface area contributed by atoms with Gasteiger partial charge < -0.3 is 11.1 Å². The van der Waals surface area contributed by atoms with Crippen molar-refractivity contribution in [2.75, 3.05) is 25.0 Å². The molecule has 1 spiro atoms. The maximum absolute atomic E-state index is 13.2. The van der Waals surface area contributed by atoms with Crippen molar-refractivity contribution >= 4 is 45.6 Å². The molecular weight excluding hydrogens is 574 g/mol. The largest absolute Gasteiger partial charge is 0.351 e. The number of carbonyl (C=O) groups excluding carboxylic acids is 2. The number of anilines is 1. The number of urea groups is 1. The summed E-state index contributed by atoms with van der Waals surface area (Å²) in [6.07, 6.45) is 14.1. The van der Waals surface area contributed by atoms with Gasteiger partial charge in [-0.15, -0.1) is 0 Å². The van der Waals surface area contributed by atoms with Crippen LogP contribution < -0.4 is 16.0 Å². The molecule has 0 aliphatic carbocycles. The first-order valence-electron chi connectivity index (χ1n) is 15.5. The van der Waals surface area contributed by atoms with E-state index >= 15 is 0 Å². The number of nitrogens with zero attached hydrogens (tertiary/aromatic N) is 3. The van der Waals surface area contributed by atoms with Crippen LogP contribution in [-0.4, -0.2) is 56.2 Å². The average Bonchev–Trinajstić information content (AvgIpc) is 3.29. The van der Waals surface area contributed by atoms with Crippen molar-refractivity contribution in [3.05, 3.63) is 76.2 Å². The second-order valence-corrected chi connectivity index (χ2v) is 13.6. The van der Waals surface area contributed by atoms with Crippen molar-refractivity contribution in [1.29, 1.82) is 0 Å². The molecule has 44 heavy (non-hydrogen) atoms. The van der Waals surface area contributed by atoms with Crippen LogP contribution in [0, 0.1) is 13.8 Å². The van der Waals surface area contributed by atoms with Gasteiger partial charge in [-0.2, -0.15) is 4.31 Å². The zero-order chi connectivity index (χ0) is 31.7. The van der Waals surface area contributed by atoms with E-state index in [0.717, 1.165) is 54.6 Å². The standard InChI is InChI=1S/C34H45N5O4S/c1-26-24-29(38(3)33(35)41)25-27(2)30(26)18-23-44(42,43)39-21-19-34(20-22-39)32(40)36-31(37-34)17-13-8-6-4-5-7-10-14-28-15-11-9-12-16-28/h9-12,14-16,18,23-25H,4-8,13,17,19-22H2,1-3H3,(H2,35,41)(H,36,37,40)/b14-10+,23-18+. The first-order valence-corrected chi connectivity index (χ1v) is 17.0. The fourth-order valence-corrected chi connectivity index (χ4v) is 6.97. The molecule has 2 aliphatic rings. The van der Waals surface area contributed by atoms with E-state index in [0.29, 0.717) is 18.5 Å². The average molecular weight is 620 g/mol. The molecule has 2 heterocycles. The minimum absolute atomic E-state index is 0.113. The van der Waals surface area contributed by atoms with E-state index < -0.39 is 21.6 Å². The van der Waals surface area contributed by atoms with Gasteiger partial charge in [0.2, 0.25) is 10.0 Å². The van der Waals surface area contributed by atoms with E-state index in [2.05, 4.69) is 29.6 Å². The predicted molar refractivity (Wildman–Crippen MR) is 179 cm³/mol. The molecule has 0 radical (unpaired) electrons. The van der Waals surface area contributed by atoms with Crippen molar-refractivity contribution in [2.45, 2.75) is 77.2 Å². The highest BCUT2D eigenvalue weighted by atomic mass is 32.2. The van der Waals surface area contributed by atoms with Crippen LogP contribution in [0.4, 0.5) is 10.5 Å². The lowest BCUT2D eigenvalue weighted by Crippen LogP contribution is -2.50. The Kier molecular flexibility index (Phi) is 11.2. The van der Waals surface area contributed by atoms with Crippen LogP contribution in [0.25, 0.3) is 12.2 Å². The number of primary amides is 1. The Morgan fingerprint density at radius 1 is 1.02 bits per heavy atom. The number of amides is 3. The third-order valence-electron chi connectivity index (χ3n) is 8.54. The summed E-state index contributed by atoms with van der Waals surface area (Å²) in [7, 11) is -2.10. The number of hydrogen-bond acceptors (Lipinski definition) is 5. The second-order valence-electron chi connectivity index (χ2n) is 11.8. The highest BCUT2D eigenvalue weighted by Crippen LogP contribution is 2.32. The van der Waals surface area contributed by atoms with Crippen LogP contribution in [0.15, 0.2) is 58.9 Å². The molecule has 3 amide bonds. The van der Waals surface area contributed by atoms with Crippen molar-refractivity contribution < 1.29 is 18.0 Å². The van der Waals surface area contributed by atoms with Gasteiger partial charge >= 0.3 is 6.03 Å². The molecule has 0 bridgehead atoms. The van der Waals surface area contributed by atoms with E-state index in [1.807, 2.05) is 32.0 Å². The van der Waals surface area contributed by atoms with E-state index in [4.69, 9.17) is 10.7 Å². The number of nitrogens with one attached hydrogen (secondary N) is 1. The molecule has 0 atom stereocenters. The van der Waals surface area contributed by atoms with Gasteiger partial charge in [0.05, 0.1) is 0 Å². The molecule has 4 rings (SSSR count). The normalized spacial score (nSPS) is 17.0. The number of aryl methyl sites for hydroxylation is 2. The summed E-state index contributed by atoms with van der Waals surface area (Å²) < 4.78 is 27.8. The monoisotopic (exact) mass is 619 g/mol. The smallest absolute Gasteiger partial charge is 0.318 e. The third kappa shape index (κ3) is 8.45. The molecule has 0 unspecified atom stereocenters. The van der Waals surface area contributed by atoms with Gasteiger partial charge in [-0.05, 0) is 86.4 Å². The van der Waals surface area contributed by atoms with Crippen molar-refractivity contribution in [3.8, 4) is 0 Å². The van der Waals surface area contributed by atoms with Gasteiger partial charge in [0.25, 0.3) is 5.91 Å². The number of amidine groups is 1. The number of rotatable bonds is 13. The van der Waals surface area contributed by atoms with Crippen molar-refractivity contribution in [1.82, 2.24) is 9.62 Å². The number of allylic oxidation sites excluding steroid dienone is 1. The van der Waals surface area contributed by atoms with Gasteiger partial charge in [0.15, 0.2) is 0 Å². The second kappa shape index (κ2) is 14.8. The molecule has 2 aromatic rings. The summed E-state index contributed by atoms with van der Waals surface area (Å²) in [6, 6.07) is 13.4. The molecule has 2 aromatic carbocycles. The van der Waals surface area contributed by atoms with Crippen LogP contribution in [0.3, 0.4) is 0 Å². The first kappa shape index (κ1) is 33.1. The molecule has 10 heteroatoms. The number of piperidine rings is 1. The number of benzene rings is 2. The van der Waals surface area contributed by atoms with Gasteiger partial charge in [0.1, 0.15) is 11.4 Å². The number of carbonyl (C=O) groups is 2. The molecule has 3 N–H and O–H groups in total. The lowest BCUT2D eigenvalue weighted by molar-refractivity contribution is -0.124. The Bertz CT molecular complexity index is 1500. The summed E-state index contributed by atoms with van der Waals surface area (Å²) in [6.45, 7) is 4.19. The summed E-state index contributed by atoms with van der Waals surface area (Å²) in [5.74, 6) is 0.617. The van der Waals surface area contributed by atoms with Gasteiger partial charge in [-0.3, -0.25) is 14.7 Å². The van der Waals surface area contributed by atoms with Gasteiger partial charge in [-0.25, -0.2) is 13.2 Å². The fraction of sp³-hybridized carbons (Fsp3) is 0.441. The van der Waals surface area contributed by atoms with Gasteiger partial charge in [0, 0.05) is 37.7 Å². The van der Waals surface area contributed by atoms with E-state index in [1.165, 1.54) is 33.0 Å². The zero-order valence-electron chi connectivity index (χ0n) is 26.1. The maximum Gasteiger partial charge on any atom is 0.318 e. The lowest BCUT2D eigenvalue weighted by Gasteiger charge is -2.34. The third-order valence-corrected chi connectivity index (χ3v) is 10.1. The van der Waals surface area contributed by atoms with E-state index in [-0.39, 0.29) is 19.0 Å². The summed E-state index contributed by atoms with van der Waals surface area (Å²) in [4.78, 5) is 30.6. The van der Waals surface area contributed by atoms with Crippen molar-refractivity contribution in [2.24, 2.45) is 10.7 Å². The Balaban J connectivity index is 1.22. The van der Waals surface area contributed by atoms with Crippen molar-refractivity contribution in [3.63, 3.8) is 0 Å². The summed E-state index contributed by atoms with van der Waals surface area (Å²) >= 11 is 0. The number of unbranched alkanes of at least 4 members (excludes halogenated alkanes) is 5. The Labute approximate surface area is 262 Å². The minimum atomic E-state index is -3.69. The van der Waals surface area contributed by atoms with Crippen LogP contribution in [-0.2, 0) is 14.8 Å². The lowest BCUT2D eigenvalue weighted by atomic mass is 9.89. The number of nitrogens with two attached hydrogens (primary N) is 1. The number of sulfonamides is 1. The molecule has 236 valence electrons. The summed E-state index contributed by atoms with van der Waals surface area (Å²) in [5, 5.41) is 4.19. The quantitative estimate of drug-likeness (QED) is 0.270. The Hall–Kier alpha value is -3.76. The van der Waals surface area contributed by atoms with Crippen LogP contribution in [0.2, 0.25) is 0 Å². The summed E-state index contributed by atoms with van der Waals surface area (Å²) in [5.41, 5.74) is 8.82. The van der Waals surface area contributed by atoms with Crippen LogP contribution in [0.1, 0.15) is 80.0 Å². The van der Waals surface area contributed by atoms with Gasteiger partial charge in [-0.1, -0.05) is 61.7 Å². The zero-order valence-corrected chi connectivity index (χ0v) is 26.9. The van der Waals surface area contributed by atoms with E-state index in [1.54, 1.807) is 25.3 Å².